The van der Waals surface area contributed by atoms with Crippen LogP contribution in [-0.2, 0) is 14.3 Å². The van der Waals surface area contributed by atoms with Crippen LogP contribution in [0.3, 0.4) is 0 Å². The van der Waals surface area contributed by atoms with Gasteiger partial charge in [0.05, 0.1) is 25.4 Å². The van der Waals surface area contributed by atoms with Crippen LogP contribution in [0.1, 0.15) is 264 Å². The van der Waals surface area contributed by atoms with Gasteiger partial charge in [-0.25, -0.2) is 0 Å². The van der Waals surface area contributed by atoms with Crippen molar-refractivity contribution in [1.29, 1.82) is 0 Å². The first-order valence-electron chi connectivity index (χ1n) is 26.2. The molecule has 7 atom stereocenters. The van der Waals surface area contributed by atoms with Crippen LogP contribution in [0.15, 0.2) is 0 Å². The summed E-state index contributed by atoms with van der Waals surface area (Å²) >= 11 is 0. The Morgan fingerprint density at radius 3 is 1.18 bits per heavy atom. The highest BCUT2D eigenvalue weighted by atomic mass is 16.7. The number of hydrogen-bond donors (Lipinski definition) is 6. The second kappa shape index (κ2) is 42.2. The summed E-state index contributed by atoms with van der Waals surface area (Å²) in [6.45, 7) is 3.86. The molecule has 0 radical (unpaired) electrons. The fourth-order valence-electron chi connectivity index (χ4n) is 8.75. The van der Waals surface area contributed by atoms with Crippen molar-refractivity contribution in [1.82, 2.24) is 5.32 Å². The van der Waals surface area contributed by atoms with Crippen molar-refractivity contribution in [2.24, 2.45) is 0 Å². The summed E-state index contributed by atoms with van der Waals surface area (Å²) in [5.74, 6) is -0.139. The number of aliphatic hydroxyl groups is 5. The Hall–Kier alpha value is -0.810. The van der Waals surface area contributed by atoms with Gasteiger partial charge in [0.25, 0.3) is 0 Å². The van der Waals surface area contributed by atoms with Crippen molar-refractivity contribution in [2.75, 3.05) is 13.2 Å². The normalized spacial score (nSPS) is 20.4. The first-order valence-corrected chi connectivity index (χ1v) is 26.2. The molecule has 0 bridgehead atoms. The molecule has 1 heterocycles. The first-order chi connectivity index (χ1) is 29.3. The summed E-state index contributed by atoms with van der Waals surface area (Å²) in [4.78, 5) is 13.0. The Bertz CT molecular complexity index is 908. The quantitative estimate of drug-likeness (QED) is 0.0332. The smallest absolute Gasteiger partial charge is 0.220 e. The molecule has 0 saturated carbocycles. The predicted octanol–water partition coefficient (Wildman–Crippen LogP) is 11.9. The van der Waals surface area contributed by atoms with Crippen molar-refractivity contribution < 1.29 is 39.8 Å². The van der Waals surface area contributed by atoms with E-state index in [-0.39, 0.29) is 12.5 Å². The van der Waals surface area contributed by atoms with E-state index >= 15 is 0 Å². The number of amides is 1. The zero-order valence-corrected chi connectivity index (χ0v) is 39.5. The molecule has 1 amide bonds. The van der Waals surface area contributed by atoms with E-state index in [1.54, 1.807) is 0 Å². The van der Waals surface area contributed by atoms with Gasteiger partial charge in [0.15, 0.2) is 6.29 Å². The second-order valence-electron chi connectivity index (χ2n) is 18.7. The van der Waals surface area contributed by atoms with Crippen LogP contribution in [0.5, 0.6) is 0 Å². The third-order valence-electron chi connectivity index (χ3n) is 13.0. The number of hydrogen-bond acceptors (Lipinski definition) is 8. The summed E-state index contributed by atoms with van der Waals surface area (Å²) in [5, 5.41) is 54.4. The zero-order valence-electron chi connectivity index (χ0n) is 39.5. The number of nitrogens with one attached hydrogen (secondary N) is 1. The van der Waals surface area contributed by atoms with Gasteiger partial charge >= 0.3 is 0 Å². The van der Waals surface area contributed by atoms with Crippen molar-refractivity contribution in [3.8, 4) is 0 Å². The lowest BCUT2D eigenvalue weighted by Gasteiger charge is -2.40. The maximum Gasteiger partial charge on any atom is 0.220 e. The standard InChI is InChI=1S/C51H101NO8/c1-3-5-7-9-11-13-15-17-18-19-20-21-22-23-24-25-26-27-28-29-31-33-35-37-39-41-47(55)52-44(43-59-51-50(58)49(57)48(56)46(42-53)60-51)45(54)40-38-36-34-32-30-16-14-12-10-8-6-4-2/h44-46,48-51,53-54,56-58H,3-43H2,1-2H3,(H,52,55). The summed E-state index contributed by atoms with van der Waals surface area (Å²) in [5.41, 5.74) is 0. The molecule has 0 aliphatic carbocycles. The van der Waals surface area contributed by atoms with Gasteiger partial charge in [-0.1, -0.05) is 245 Å². The molecule has 1 fully saturated rings. The number of ether oxygens (including phenoxy) is 2. The lowest BCUT2D eigenvalue weighted by Crippen LogP contribution is -2.60. The number of aliphatic hydroxyl groups excluding tert-OH is 5. The maximum absolute atomic E-state index is 13.0. The largest absolute Gasteiger partial charge is 0.394 e. The highest BCUT2D eigenvalue weighted by Gasteiger charge is 2.44. The number of carbonyl (C=O) groups excluding carboxylic acids is 1. The van der Waals surface area contributed by atoms with E-state index in [9.17, 15) is 30.3 Å². The third kappa shape index (κ3) is 31.9. The topological polar surface area (TPSA) is 149 Å². The molecule has 7 unspecified atom stereocenters. The molecule has 0 aromatic rings. The molecular formula is C51H101NO8. The highest BCUT2D eigenvalue weighted by Crippen LogP contribution is 2.23. The van der Waals surface area contributed by atoms with Crippen LogP contribution in [0.25, 0.3) is 0 Å². The van der Waals surface area contributed by atoms with Gasteiger partial charge in [-0.3, -0.25) is 4.79 Å². The molecule has 9 heteroatoms. The average molecular weight is 856 g/mol. The molecule has 1 rings (SSSR count). The fraction of sp³-hybridized carbons (Fsp3) is 0.980. The molecule has 0 aromatic carbocycles. The van der Waals surface area contributed by atoms with Gasteiger partial charge in [0.1, 0.15) is 24.4 Å². The van der Waals surface area contributed by atoms with E-state index in [1.807, 2.05) is 0 Å². The molecule has 0 spiro atoms. The van der Waals surface area contributed by atoms with E-state index in [0.717, 1.165) is 38.5 Å². The van der Waals surface area contributed by atoms with Crippen molar-refractivity contribution in [3.63, 3.8) is 0 Å². The monoisotopic (exact) mass is 856 g/mol. The second-order valence-corrected chi connectivity index (χ2v) is 18.7. The molecule has 6 N–H and O–H groups in total. The summed E-state index contributed by atoms with van der Waals surface area (Å²) in [7, 11) is 0. The van der Waals surface area contributed by atoms with Crippen molar-refractivity contribution in [3.05, 3.63) is 0 Å². The SMILES string of the molecule is CCCCCCCCCCCCCCCCCCCCCCCCCCCC(=O)NC(COC1OC(CO)C(O)C(O)C1O)C(O)CCCCCCCCCCCCCC. The van der Waals surface area contributed by atoms with Crippen LogP contribution >= 0.6 is 0 Å². The molecule has 1 saturated heterocycles. The third-order valence-corrected chi connectivity index (χ3v) is 13.0. The molecule has 1 aliphatic heterocycles. The van der Waals surface area contributed by atoms with Crippen LogP contribution in [-0.4, -0.2) is 87.5 Å². The zero-order chi connectivity index (χ0) is 43.7. The van der Waals surface area contributed by atoms with E-state index < -0.39 is 49.5 Å². The van der Waals surface area contributed by atoms with E-state index in [0.29, 0.717) is 12.8 Å². The maximum atomic E-state index is 13.0. The Morgan fingerprint density at radius 2 is 0.833 bits per heavy atom. The lowest BCUT2D eigenvalue weighted by atomic mass is 9.99. The van der Waals surface area contributed by atoms with Crippen molar-refractivity contribution in [2.45, 2.75) is 307 Å². The van der Waals surface area contributed by atoms with Crippen LogP contribution in [0.2, 0.25) is 0 Å². The first kappa shape index (κ1) is 57.2. The number of carbonyl (C=O) groups is 1. The summed E-state index contributed by atoms with van der Waals surface area (Å²) in [6.07, 6.45) is 41.3. The van der Waals surface area contributed by atoms with Gasteiger partial charge in [-0.2, -0.15) is 0 Å². The van der Waals surface area contributed by atoms with Gasteiger partial charge in [-0.05, 0) is 12.8 Å². The minimum Gasteiger partial charge on any atom is -0.394 e. The average Bonchev–Trinajstić information content (AvgIpc) is 3.25. The Labute approximate surface area is 370 Å². The minimum atomic E-state index is -1.55. The van der Waals surface area contributed by atoms with Crippen LogP contribution in [0, 0.1) is 0 Å². The molecule has 60 heavy (non-hydrogen) atoms. The van der Waals surface area contributed by atoms with E-state index in [1.165, 1.54) is 199 Å². The van der Waals surface area contributed by atoms with Crippen LogP contribution < -0.4 is 5.32 Å². The molecular weight excluding hydrogens is 755 g/mol. The van der Waals surface area contributed by atoms with E-state index in [2.05, 4.69) is 19.2 Å². The Kier molecular flexibility index (Phi) is 40.2. The van der Waals surface area contributed by atoms with Gasteiger partial charge < -0.3 is 40.3 Å². The van der Waals surface area contributed by atoms with Gasteiger partial charge in [0.2, 0.25) is 5.91 Å². The Morgan fingerprint density at radius 1 is 0.500 bits per heavy atom. The van der Waals surface area contributed by atoms with Gasteiger partial charge in [0, 0.05) is 6.42 Å². The number of unbranched alkanes of at least 4 members (excludes halogenated alkanes) is 35. The Balaban J connectivity index is 2.17. The fourth-order valence-corrected chi connectivity index (χ4v) is 8.75. The number of rotatable bonds is 45. The minimum absolute atomic E-state index is 0.132. The van der Waals surface area contributed by atoms with Gasteiger partial charge in [-0.15, -0.1) is 0 Å². The molecule has 358 valence electrons. The molecule has 1 aliphatic rings. The molecule has 0 aromatic heterocycles. The highest BCUT2D eigenvalue weighted by molar-refractivity contribution is 5.76. The summed E-state index contributed by atoms with van der Waals surface area (Å²) in [6, 6.07) is -0.711. The predicted molar refractivity (Wildman–Crippen MR) is 249 cm³/mol. The lowest BCUT2D eigenvalue weighted by molar-refractivity contribution is -0.302. The van der Waals surface area contributed by atoms with Crippen molar-refractivity contribution >= 4 is 5.91 Å². The molecule has 9 nitrogen and oxygen atoms in total. The van der Waals surface area contributed by atoms with Crippen LogP contribution in [0.4, 0.5) is 0 Å². The van der Waals surface area contributed by atoms with E-state index in [4.69, 9.17) is 9.47 Å². The summed E-state index contributed by atoms with van der Waals surface area (Å²) < 4.78 is 11.3.